The summed E-state index contributed by atoms with van der Waals surface area (Å²) < 4.78 is 7.97. The Bertz CT molecular complexity index is 1190. The van der Waals surface area contributed by atoms with Crippen molar-refractivity contribution >= 4 is 50.2 Å². The summed E-state index contributed by atoms with van der Waals surface area (Å²) in [7, 11) is 0. The Labute approximate surface area is 168 Å². The van der Waals surface area contributed by atoms with Crippen LogP contribution in [0.4, 0.5) is 0 Å². The van der Waals surface area contributed by atoms with Crippen LogP contribution in [0.1, 0.15) is 25.5 Å². The van der Waals surface area contributed by atoms with Crippen molar-refractivity contribution in [2.75, 3.05) is 5.75 Å². The van der Waals surface area contributed by atoms with Gasteiger partial charge in [-0.1, -0.05) is 23.5 Å². The molecule has 3 aromatic rings. The predicted octanol–water partition coefficient (Wildman–Crippen LogP) is 2.41. The van der Waals surface area contributed by atoms with E-state index in [9.17, 15) is 14.4 Å². The molecule has 5 rings (SSSR count). The largest absolute Gasteiger partial charge is 0.458 e. The van der Waals surface area contributed by atoms with E-state index in [1.807, 2.05) is 31.2 Å². The van der Waals surface area contributed by atoms with Gasteiger partial charge in [-0.3, -0.25) is 14.0 Å². The van der Waals surface area contributed by atoms with Crippen LogP contribution >= 0.6 is 23.1 Å². The Morgan fingerprint density at radius 1 is 1.36 bits per heavy atom. The topological polar surface area (TPSA) is 81.0 Å². The molecule has 0 spiro atoms. The Morgan fingerprint density at radius 3 is 3.04 bits per heavy atom. The first kappa shape index (κ1) is 17.7. The van der Waals surface area contributed by atoms with Gasteiger partial charge in [0.05, 0.1) is 20.8 Å². The summed E-state index contributed by atoms with van der Waals surface area (Å²) in [6, 6.07) is 8.44. The Kier molecular flexibility index (Phi) is 3.99. The maximum Gasteiger partial charge on any atom is 0.330 e. The highest BCUT2D eigenvalue weighted by molar-refractivity contribution is 8.01. The summed E-state index contributed by atoms with van der Waals surface area (Å²) in [6.07, 6.45) is 1.22. The highest BCUT2D eigenvalue weighted by atomic mass is 32.2. The van der Waals surface area contributed by atoms with Crippen molar-refractivity contribution in [3.8, 4) is 0 Å². The molecule has 7 nitrogen and oxygen atoms in total. The van der Waals surface area contributed by atoms with Gasteiger partial charge in [-0.05, 0) is 25.5 Å². The summed E-state index contributed by atoms with van der Waals surface area (Å²) in [5.41, 5.74) is 1.02. The van der Waals surface area contributed by atoms with Crippen LogP contribution in [0.15, 0.2) is 35.1 Å². The van der Waals surface area contributed by atoms with Crippen LogP contribution < -0.4 is 5.56 Å². The molecule has 9 heteroatoms. The lowest BCUT2D eigenvalue weighted by Gasteiger charge is -2.29. The molecule has 0 unspecified atom stereocenters. The molecule has 2 fully saturated rings. The van der Waals surface area contributed by atoms with Gasteiger partial charge >= 0.3 is 5.97 Å². The SMILES string of the molecule is C[C@@]12CCC(=O)N1[C@@H](C(=O)OCc1cc(=O)n3c(n1)sc1ccccc13)CS2. The molecular weight excluding hydrogens is 398 g/mol. The summed E-state index contributed by atoms with van der Waals surface area (Å²) >= 11 is 3.04. The molecular formula is C19H17N3O4S2. The van der Waals surface area contributed by atoms with Crippen molar-refractivity contribution in [3.63, 3.8) is 0 Å². The van der Waals surface area contributed by atoms with E-state index in [0.29, 0.717) is 22.8 Å². The van der Waals surface area contributed by atoms with Crippen LogP contribution in [0.5, 0.6) is 0 Å². The average molecular weight is 415 g/mol. The van der Waals surface area contributed by atoms with Gasteiger partial charge in [-0.2, -0.15) is 0 Å². The number of thiazole rings is 1. The lowest BCUT2D eigenvalue weighted by Crippen LogP contribution is -2.46. The van der Waals surface area contributed by atoms with Gasteiger partial charge < -0.3 is 9.64 Å². The first-order chi connectivity index (χ1) is 13.5. The molecule has 1 aromatic carbocycles. The number of para-hydroxylation sites is 1. The molecule has 2 saturated heterocycles. The first-order valence-electron chi connectivity index (χ1n) is 8.99. The van der Waals surface area contributed by atoms with Crippen molar-refractivity contribution in [3.05, 3.63) is 46.4 Å². The van der Waals surface area contributed by atoms with Gasteiger partial charge in [-0.25, -0.2) is 9.78 Å². The van der Waals surface area contributed by atoms with E-state index in [1.165, 1.54) is 17.4 Å². The molecule has 2 aliphatic heterocycles. The number of fused-ring (bicyclic) bond motifs is 4. The summed E-state index contributed by atoms with van der Waals surface area (Å²) in [5, 5.41) is 0. The van der Waals surface area contributed by atoms with Crippen molar-refractivity contribution < 1.29 is 14.3 Å². The molecule has 28 heavy (non-hydrogen) atoms. The maximum absolute atomic E-state index is 12.6. The quantitative estimate of drug-likeness (QED) is 0.611. The Hall–Kier alpha value is -2.39. The van der Waals surface area contributed by atoms with Crippen LogP contribution in [0.25, 0.3) is 15.2 Å². The molecule has 144 valence electrons. The van der Waals surface area contributed by atoms with Crippen LogP contribution in [-0.2, 0) is 20.9 Å². The second-order valence-electron chi connectivity index (χ2n) is 7.15. The minimum Gasteiger partial charge on any atom is -0.458 e. The van der Waals surface area contributed by atoms with Gasteiger partial charge in [0.1, 0.15) is 12.6 Å². The van der Waals surface area contributed by atoms with Gasteiger partial charge in [0.25, 0.3) is 5.56 Å². The molecule has 0 radical (unpaired) electrons. The number of rotatable bonds is 3. The first-order valence-corrected chi connectivity index (χ1v) is 10.8. The van der Waals surface area contributed by atoms with Gasteiger partial charge in [0.15, 0.2) is 4.96 Å². The van der Waals surface area contributed by atoms with Crippen molar-refractivity contribution in [2.24, 2.45) is 0 Å². The van der Waals surface area contributed by atoms with Crippen molar-refractivity contribution in [2.45, 2.75) is 37.3 Å². The number of hydrogen-bond donors (Lipinski definition) is 0. The van der Waals surface area contributed by atoms with E-state index in [4.69, 9.17) is 4.74 Å². The zero-order valence-corrected chi connectivity index (χ0v) is 16.7. The highest BCUT2D eigenvalue weighted by Gasteiger charge is 2.53. The molecule has 0 saturated carbocycles. The third-order valence-electron chi connectivity index (χ3n) is 5.33. The number of carbonyl (C=O) groups is 2. The van der Waals surface area contributed by atoms with Crippen LogP contribution in [0.2, 0.25) is 0 Å². The molecule has 0 bridgehead atoms. The lowest BCUT2D eigenvalue weighted by molar-refractivity contribution is -0.154. The second kappa shape index (κ2) is 6.31. The van der Waals surface area contributed by atoms with Crippen molar-refractivity contribution in [1.29, 1.82) is 0 Å². The van der Waals surface area contributed by atoms with E-state index in [1.54, 1.807) is 21.1 Å². The van der Waals surface area contributed by atoms with E-state index in [-0.39, 0.29) is 22.9 Å². The second-order valence-corrected chi connectivity index (χ2v) is 9.66. The van der Waals surface area contributed by atoms with E-state index < -0.39 is 12.0 Å². The van der Waals surface area contributed by atoms with Gasteiger partial charge in [0, 0.05) is 18.2 Å². The molecule has 4 heterocycles. The predicted molar refractivity (Wildman–Crippen MR) is 107 cm³/mol. The molecule has 2 aromatic heterocycles. The average Bonchev–Trinajstić information content (AvgIpc) is 3.30. The standard InChI is InChI=1S/C19H17N3O4S2/c1-19-7-6-15(23)22(19)13(10-27-19)17(25)26-9-11-8-16(24)21-12-4-2-3-5-14(12)28-18(21)20-11/h2-5,8,13H,6-7,9-10H2,1H3/t13-,19-/m1/s1. The minimum absolute atomic E-state index is 0.00230. The van der Waals surface area contributed by atoms with Crippen LogP contribution in [-0.4, -0.2) is 42.8 Å². The fourth-order valence-corrected chi connectivity index (χ4v) is 6.40. The van der Waals surface area contributed by atoms with Gasteiger partial charge in [0.2, 0.25) is 5.91 Å². The van der Waals surface area contributed by atoms with Crippen LogP contribution in [0.3, 0.4) is 0 Å². The number of esters is 1. The van der Waals surface area contributed by atoms with Crippen LogP contribution in [0, 0.1) is 0 Å². The number of carbonyl (C=O) groups excluding carboxylic acids is 2. The highest BCUT2D eigenvalue weighted by Crippen LogP contribution is 2.47. The number of hydrogen-bond acceptors (Lipinski definition) is 7. The Morgan fingerprint density at radius 2 is 2.18 bits per heavy atom. The maximum atomic E-state index is 12.6. The number of thioether (sulfide) groups is 1. The molecule has 2 atom stereocenters. The summed E-state index contributed by atoms with van der Waals surface area (Å²) in [5.74, 6) is 0.0919. The normalized spacial score (nSPS) is 24.2. The number of ether oxygens (including phenoxy) is 1. The molecule has 2 aliphatic rings. The number of benzene rings is 1. The third-order valence-corrected chi connectivity index (χ3v) is 7.85. The number of nitrogens with zero attached hydrogens (tertiary/aromatic N) is 3. The third kappa shape index (κ3) is 2.64. The molecule has 1 amide bonds. The smallest absolute Gasteiger partial charge is 0.330 e. The lowest BCUT2D eigenvalue weighted by atomic mass is 10.2. The number of aromatic nitrogens is 2. The van der Waals surface area contributed by atoms with Crippen molar-refractivity contribution in [1.82, 2.24) is 14.3 Å². The number of amides is 1. The zero-order chi connectivity index (χ0) is 19.5. The fraction of sp³-hybridized carbons (Fsp3) is 0.368. The minimum atomic E-state index is -0.570. The fourth-order valence-electron chi connectivity index (χ4n) is 3.93. The van der Waals surface area contributed by atoms with E-state index in [0.717, 1.165) is 16.6 Å². The molecule has 0 N–H and O–H groups in total. The Balaban J connectivity index is 1.37. The van der Waals surface area contributed by atoms with Gasteiger partial charge in [-0.15, -0.1) is 11.8 Å². The monoisotopic (exact) mass is 415 g/mol. The van der Waals surface area contributed by atoms with E-state index in [2.05, 4.69) is 4.98 Å². The summed E-state index contributed by atoms with van der Waals surface area (Å²) in [4.78, 5) is 43.7. The zero-order valence-electron chi connectivity index (χ0n) is 15.1. The molecule has 0 aliphatic carbocycles. The summed E-state index contributed by atoms with van der Waals surface area (Å²) in [6.45, 7) is 1.91. The van der Waals surface area contributed by atoms with E-state index >= 15 is 0 Å².